The van der Waals surface area contributed by atoms with Gasteiger partial charge in [0.05, 0.1) is 17.1 Å². The molecule has 1 aliphatic rings. The highest BCUT2D eigenvalue weighted by molar-refractivity contribution is 7.13. The summed E-state index contributed by atoms with van der Waals surface area (Å²) >= 11 is 1.65. The third-order valence-electron chi connectivity index (χ3n) is 5.85. The SMILES string of the molecule is CC1Cc2nc(COc3ccc(-c4nc(C(C)C)cs4)cc3)cc(=O)n2N=C1c1ccccc1. The van der Waals surface area contributed by atoms with Crippen molar-refractivity contribution in [1.29, 1.82) is 0 Å². The number of fused-ring (bicyclic) bond motifs is 1. The largest absolute Gasteiger partial charge is 0.487 e. The summed E-state index contributed by atoms with van der Waals surface area (Å²) in [7, 11) is 0. The van der Waals surface area contributed by atoms with Gasteiger partial charge >= 0.3 is 0 Å². The molecule has 34 heavy (non-hydrogen) atoms. The smallest absolute Gasteiger partial charge is 0.274 e. The van der Waals surface area contributed by atoms with E-state index in [1.807, 2.05) is 54.6 Å². The second kappa shape index (κ2) is 9.35. The first-order valence-corrected chi connectivity index (χ1v) is 12.3. The van der Waals surface area contributed by atoms with Gasteiger partial charge in [-0.25, -0.2) is 9.97 Å². The Kier molecular flexibility index (Phi) is 6.11. The normalized spacial score (nSPS) is 15.2. The standard InChI is InChI=1S/C27H26N4O2S/c1-17(2)23-16-34-27(29-23)20-9-11-22(12-10-20)33-15-21-14-25(32)31-24(28-21)13-18(3)26(30-31)19-7-5-4-6-8-19/h4-12,14,16-18H,13,15H2,1-3H3. The highest BCUT2D eigenvalue weighted by Gasteiger charge is 2.23. The topological polar surface area (TPSA) is 69.4 Å². The average molecular weight is 471 g/mol. The van der Waals surface area contributed by atoms with Crippen molar-refractivity contribution in [3.05, 3.63) is 99.2 Å². The molecule has 0 aliphatic carbocycles. The third kappa shape index (κ3) is 4.56. The van der Waals surface area contributed by atoms with E-state index in [0.29, 0.717) is 23.9 Å². The fourth-order valence-electron chi connectivity index (χ4n) is 3.95. The van der Waals surface area contributed by atoms with Crippen molar-refractivity contribution in [1.82, 2.24) is 14.6 Å². The number of hydrogen-bond donors (Lipinski definition) is 0. The van der Waals surface area contributed by atoms with Crippen LogP contribution in [-0.2, 0) is 13.0 Å². The van der Waals surface area contributed by atoms with Gasteiger partial charge in [0.1, 0.15) is 23.2 Å². The minimum Gasteiger partial charge on any atom is -0.487 e. The van der Waals surface area contributed by atoms with E-state index in [2.05, 4.69) is 36.2 Å². The van der Waals surface area contributed by atoms with E-state index >= 15 is 0 Å². The Morgan fingerprint density at radius 3 is 2.53 bits per heavy atom. The zero-order chi connectivity index (χ0) is 23.7. The van der Waals surface area contributed by atoms with E-state index in [-0.39, 0.29) is 18.1 Å². The molecule has 1 aliphatic heterocycles. The van der Waals surface area contributed by atoms with Gasteiger partial charge in [0.25, 0.3) is 5.56 Å². The Labute approximate surface area is 202 Å². The van der Waals surface area contributed by atoms with Crippen LogP contribution in [0.15, 0.2) is 75.9 Å². The van der Waals surface area contributed by atoms with Crippen LogP contribution in [-0.4, -0.2) is 20.4 Å². The van der Waals surface area contributed by atoms with Crippen LogP contribution in [0.5, 0.6) is 5.75 Å². The number of aromatic nitrogens is 3. The van der Waals surface area contributed by atoms with E-state index in [0.717, 1.165) is 33.3 Å². The van der Waals surface area contributed by atoms with Crippen LogP contribution in [0.25, 0.3) is 10.6 Å². The van der Waals surface area contributed by atoms with Crippen LogP contribution >= 0.6 is 11.3 Å². The number of hydrogen-bond acceptors (Lipinski definition) is 6. The van der Waals surface area contributed by atoms with Crippen LogP contribution in [0.4, 0.5) is 0 Å². The predicted molar refractivity (Wildman–Crippen MR) is 136 cm³/mol. The molecular formula is C27H26N4O2S. The summed E-state index contributed by atoms with van der Waals surface area (Å²) in [6.45, 7) is 6.62. The molecule has 5 rings (SSSR count). The molecule has 0 N–H and O–H groups in total. The minimum atomic E-state index is -0.191. The molecule has 0 spiro atoms. The zero-order valence-electron chi connectivity index (χ0n) is 19.4. The van der Waals surface area contributed by atoms with E-state index in [9.17, 15) is 4.79 Å². The van der Waals surface area contributed by atoms with Crippen molar-refractivity contribution in [3.8, 4) is 16.3 Å². The maximum atomic E-state index is 12.8. The second-order valence-corrected chi connectivity index (χ2v) is 9.67. The lowest BCUT2D eigenvalue weighted by molar-refractivity contribution is 0.299. The highest BCUT2D eigenvalue weighted by atomic mass is 32.1. The van der Waals surface area contributed by atoms with E-state index < -0.39 is 0 Å². The molecule has 4 aromatic rings. The molecule has 0 bridgehead atoms. The molecule has 0 amide bonds. The van der Waals surface area contributed by atoms with E-state index in [4.69, 9.17) is 9.72 Å². The molecule has 1 unspecified atom stereocenters. The molecule has 0 saturated heterocycles. The molecule has 7 heteroatoms. The van der Waals surface area contributed by atoms with Gasteiger partial charge in [-0.15, -0.1) is 11.3 Å². The third-order valence-corrected chi connectivity index (χ3v) is 6.76. The Bertz CT molecular complexity index is 1390. The van der Waals surface area contributed by atoms with Crippen LogP contribution in [0, 0.1) is 5.92 Å². The lowest BCUT2D eigenvalue weighted by Crippen LogP contribution is -2.32. The fraction of sp³-hybridized carbons (Fsp3) is 0.259. The first-order valence-electron chi connectivity index (χ1n) is 11.4. The van der Waals surface area contributed by atoms with Gasteiger partial charge in [-0.3, -0.25) is 4.79 Å². The maximum Gasteiger partial charge on any atom is 0.274 e. The van der Waals surface area contributed by atoms with Gasteiger partial charge in [0.2, 0.25) is 0 Å². The monoisotopic (exact) mass is 470 g/mol. The summed E-state index contributed by atoms with van der Waals surface area (Å²) in [5.74, 6) is 1.97. The Morgan fingerprint density at radius 1 is 1.06 bits per heavy atom. The number of thiazole rings is 1. The van der Waals surface area contributed by atoms with Crippen LogP contribution in [0.1, 0.15) is 49.5 Å². The van der Waals surface area contributed by atoms with Gasteiger partial charge in [-0.2, -0.15) is 9.78 Å². The van der Waals surface area contributed by atoms with Gasteiger partial charge in [-0.1, -0.05) is 51.1 Å². The van der Waals surface area contributed by atoms with Crippen molar-refractivity contribution in [3.63, 3.8) is 0 Å². The summed E-state index contributed by atoms with van der Waals surface area (Å²) in [4.78, 5) is 22.2. The lowest BCUT2D eigenvalue weighted by Gasteiger charge is -2.22. The summed E-state index contributed by atoms with van der Waals surface area (Å²) in [5.41, 5.74) is 4.52. The molecule has 0 radical (unpaired) electrons. The van der Waals surface area contributed by atoms with Crippen molar-refractivity contribution in [2.45, 2.75) is 39.7 Å². The summed E-state index contributed by atoms with van der Waals surface area (Å²) < 4.78 is 7.34. The molecule has 0 fully saturated rings. The van der Waals surface area contributed by atoms with Crippen LogP contribution in [0.2, 0.25) is 0 Å². The number of benzene rings is 2. The Hall–Kier alpha value is -3.58. The van der Waals surface area contributed by atoms with E-state index in [1.165, 1.54) is 10.7 Å². The summed E-state index contributed by atoms with van der Waals surface area (Å²) in [6.07, 6.45) is 0.650. The Balaban J connectivity index is 1.31. The summed E-state index contributed by atoms with van der Waals surface area (Å²) in [5, 5.41) is 7.73. The molecule has 1 atom stereocenters. The number of rotatable bonds is 6. The second-order valence-electron chi connectivity index (χ2n) is 8.82. The van der Waals surface area contributed by atoms with E-state index in [1.54, 1.807) is 11.3 Å². The molecular weight excluding hydrogens is 444 g/mol. The van der Waals surface area contributed by atoms with Gasteiger partial charge in [-0.05, 0) is 35.7 Å². The fourth-order valence-corrected chi connectivity index (χ4v) is 4.94. The quantitative estimate of drug-likeness (QED) is 0.372. The Morgan fingerprint density at radius 2 is 1.82 bits per heavy atom. The van der Waals surface area contributed by atoms with Gasteiger partial charge < -0.3 is 4.74 Å². The number of nitrogens with zero attached hydrogens (tertiary/aromatic N) is 4. The average Bonchev–Trinajstić information content (AvgIpc) is 3.34. The first-order chi connectivity index (χ1) is 16.5. The van der Waals surface area contributed by atoms with Crippen LogP contribution in [0.3, 0.4) is 0 Å². The minimum absolute atomic E-state index is 0.167. The summed E-state index contributed by atoms with van der Waals surface area (Å²) in [6, 6.07) is 19.3. The van der Waals surface area contributed by atoms with Gasteiger partial charge in [0.15, 0.2) is 0 Å². The maximum absolute atomic E-state index is 12.8. The molecule has 6 nitrogen and oxygen atoms in total. The molecule has 0 saturated carbocycles. The predicted octanol–water partition coefficient (Wildman–Crippen LogP) is 5.51. The van der Waals surface area contributed by atoms with Crippen molar-refractivity contribution >= 4 is 17.0 Å². The number of ether oxygens (including phenoxy) is 1. The van der Waals surface area contributed by atoms with Crippen molar-refractivity contribution in [2.75, 3.05) is 0 Å². The first kappa shape index (κ1) is 22.2. The highest BCUT2D eigenvalue weighted by Crippen LogP contribution is 2.28. The van der Waals surface area contributed by atoms with Crippen LogP contribution < -0.4 is 10.3 Å². The lowest BCUT2D eigenvalue weighted by atomic mass is 9.94. The molecule has 2 aromatic heterocycles. The molecule has 2 aromatic carbocycles. The zero-order valence-corrected chi connectivity index (χ0v) is 20.2. The molecule has 172 valence electrons. The molecule has 3 heterocycles. The van der Waals surface area contributed by atoms with Crippen molar-refractivity contribution in [2.24, 2.45) is 11.0 Å². The van der Waals surface area contributed by atoms with Crippen molar-refractivity contribution < 1.29 is 4.74 Å². The van der Waals surface area contributed by atoms with Gasteiger partial charge in [0, 0.05) is 29.3 Å².